The van der Waals surface area contributed by atoms with Crippen LogP contribution >= 0.6 is 11.8 Å². The van der Waals surface area contributed by atoms with Crippen molar-refractivity contribution in [3.05, 3.63) is 70.5 Å². The Morgan fingerprint density at radius 3 is 2.74 bits per heavy atom. The quantitative estimate of drug-likeness (QED) is 0.572. The number of carbonyl (C=O) groups is 1. The van der Waals surface area contributed by atoms with Crippen LogP contribution in [0.4, 0.5) is 0 Å². The minimum Gasteiger partial charge on any atom is -0.467 e. The lowest BCUT2D eigenvalue weighted by Gasteiger charge is -2.21. The highest BCUT2D eigenvalue weighted by molar-refractivity contribution is 7.99. The van der Waals surface area contributed by atoms with Gasteiger partial charge >= 0.3 is 5.69 Å². The van der Waals surface area contributed by atoms with Gasteiger partial charge in [0, 0.05) is 13.1 Å². The number of hydrogen-bond donors (Lipinski definition) is 1. The molecule has 2 aromatic heterocycles. The summed E-state index contributed by atoms with van der Waals surface area (Å²) in [6, 6.07) is 13.5. The first-order valence-corrected chi connectivity index (χ1v) is 9.78. The molecule has 0 unspecified atom stereocenters. The lowest BCUT2D eigenvalue weighted by Crippen LogP contribution is -2.31. The second kappa shape index (κ2) is 9.27. The van der Waals surface area contributed by atoms with Crippen LogP contribution in [0.5, 0.6) is 0 Å². The average Bonchev–Trinajstić information content (AvgIpc) is 3.31. The molecule has 0 atom stereocenters. The summed E-state index contributed by atoms with van der Waals surface area (Å²) < 4.78 is 6.97. The molecule has 1 amide bonds. The predicted molar refractivity (Wildman–Crippen MR) is 103 cm³/mol. The van der Waals surface area contributed by atoms with E-state index in [4.69, 9.17) is 4.42 Å². The normalized spacial score (nSPS) is 10.9. The summed E-state index contributed by atoms with van der Waals surface area (Å²) in [6.45, 7) is 3.45. The summed E-state index contributed by atoms with van der Waals surface area (Å²) >= 11 is 1.27. The smallest absolute Gasteiger partial charge is 0.343 e. The topological polar surface area (TPSA) is 84.1 Å². The van der Waals surface area contributed by atoms with Crippen molar-refractivity contribution in [1.29, 1.82) is 0 Å². The second-order valence-electron chi connectivity index (χ2n) is 6.07. The Hall–Kier alpha value is -2.74. The Morgan fingerprint density at radius 2 is 2.04 bits per heavy atom. The molecule has 0 aliphatic carbocycles. The molecule has 1 aromatic carbocycles. The number of hydrogen-bond acceptors (Lipinski definition) is 5. The van der Waals surface area contributed by atoms with Crippen molar-refractivity contribution in [2.45, 2.75) is 38.1 Å². The van der Waals surface area contributed by atoms with Gasteiger partial charge in [-0.1, -0.05) is 49.0 Å². The van der Waals surface area contributed by atoms with E-state index < -0.39 is 0 Å². The fourth-order valence-electron chi connectivity index (χ4n) is 2.68. The summed E-state index contributed by atoms with van der Waals surface area (Å²) in [5.41, 5.74) is 0.800. The van der Waals surface area contributed by atoms with Gasteiger partial charge in [-0.25, -0.2) is 9.89 Å². The highest BCUT2D eigenvalue weighted by atomic mass is 32.2. The van der Waals surface area contributed by atoms with Crippen LogP contribution in [0, 0.1) is 0 Å². The summed E-state index contributed by atoms with van der Waals surface area (Å²) in [4.78, 5) is 26.4. The van der Waals surface area contributed by atoms with Crippen molar-refractivity contribution in [2.75, 3.05) is 5.75 Å². The summed E-state index contributed by atoms with van der Waals surface area (Å²) in [5.74, 6) is 0.882. The fourth-order valence-corrected chi connectivity index (χ4v) is 3.55. The average molecular weight is 386 g/mol. The van der Waals surface area contributed by atoms with E-state index in [2.05, 4.69) is 10.2 Å². The lowest BCUT2D eigenvalue weighted by molar-refractivity contribution is -0.129. The minimum absolute atomic E-state index is 0.0428. The van der Waals surface area contributed by atoms with E-state index >= 15 is 0 Å². The zero-order valence-electron chi connectivity index (χ0n) is 15.1. The number of carbonyl (C=O) groups excluding carboxylic acids is 1. The third kappa shape index (κ3) is 5.13. The predicted octanol–water partition coefficient (Wildman–Crippen LogP) is 2.90. The molecular formula is C19H22N4O3S. The van der Waals surface area contributed by atoms with Crippen molar-refractivity contribution >= 4 is 17.7 Å². The Bertz CT molecular complexity index is 903. The SMILES string of the molecule is CCCn1c(SCC(=O)N(Cc2ccccc2)Cc2ccco2)n[nH]c1=O. The van der Waals surface area contributed by atoms with Gasteiger partial charge in [0.05, 0.1) is 18.6 Å². The van der Waals surface area contributed by atoms with Gasteiger partial charge in [-0.15, -0.1) is 5.10 Å². The molecule has 142 valence electrons. The standard InChI is InChI=1S/C19H22N4O3S/c1-2-10-23-18(25)20-21-19(23)27-14-17(24)22(13-16-9-6-11-26-16)12-15-7-4-3-5-8-15/h3-9,11H,2,10,12-14H2,1H3,(H,20,25). The number of furan rings is 1. The zero-order chi connectivity index (χ0) is 19.1. The molecule has 27 heavy (non-hydrogen) atoms. The molecule has 0 saturated carbocycles. The summed E-state index contributed by atoms with van der Waals surface area (Å²) in [7, 11) is 0. The number of aromatic nitrogens is 3. The first-order chi connectivity index (χ1) is 13.2. The van der Waals surface area contributed by atoms with Gasteiger partial charge in [0.1, 0.15) is 5.76 Å². The van der Waals surface area contributed by atoms with E-state index in [9.17, 15) is 9.59 Å². The van der Waals surface area contributed by atoms with E-state index in [0.29, 0.717) is 24.8 Å². The maximum Gasteiger partial charge on any atom is 0.343 e. The summed E-state index contributed by atoms with van der Waals surface area (Å²) in [5, 5.41) is 7.01. The van der Waals surface area contributed by atoms with Crippen LogP contribution < -0.4 is 5.69 Å². The number of rotatable bonds is 9. The molecule has 1 N–H and O–H groups in total. The molecule has 7 nitrogen and oxygen atoms in total. The highest BCUT2D eigenvalue weighted by Gasteiger charge is 2.18. The molecule has 3 rings (SSSR count). The lowest BCUT2D eigenvalue weighted by atomic mass is 10.2. The van der Waals surface area contributed by atoms with Gasteiger partial charge in [0.25, 0.3) is 0 Å². The zero-order valence-corrected chi connectivity index (χ0v) is 15.9. The number of aromatic amines is 1. The number of amides is 1. The van der Waals surface area contributed by atoms with Crippen LogP contribution in [-0.2, 0) is 24.4 Å². The van der Waals surface area contributed by atoms with E-state index in [0.717, 1.165) is 17.7 Å². The Morgan fingerprint density at radius 1 is 1.22 bits per heavy atom. The number of nitrogens with one attached hydrogen (secondary N) is 1. The van der Waals surface area contributed by atoms with Crippen LogP contribution in [-0.4, -0.2) is 31.3 Å². The fraction of sp³-hybridized carbons (Fsp3) is 0.316. The molecule has 0 aliphatic heterocycles. The third-order valence-corrected chi connectivity index (χ3v) is 4.95. The maximum absolute atomic E-state index is 12.9. The van der Waals surface area contributed by atoms with Gasteiger partial charge in [0.15, 0.2) is 5.16 Å². The van der Waals surface area contributed by atoms with Crippen LogP contribution in [0.15, 0.2) is 63.1 Å². The van der Waals surface area contributed by atoms with E-state index in [1.807, 2.05) is 49.4 Å². The number of thioether (sulfide) groups is 1. The molecular weight excluding hydrogens is 364 g/mol. The molecule has 0 radical (unpaired) electrons. The van der Waals surface area contributed by atoms with Gasteiger partial charge in [-0.2, -0.15) is 0 Å². The van der Waals surface area contributed by atoms with Crippen molar-refractivity contribution in [3.63, 3.8) is 0 Å². The van der Waals surface area contributed by atoms with Crippen molar-refractivity contribution in [1.82, 2.24) is 19.7 Å². The molecule has 8 heteroatoms. The summed E-state index contributed by atoms with van der Waals surface area (Å²) in [6.07, 6.45) is 2.42. The van der Waals surface area contributed by atoms with Crippen molar-refractivity contribution < 1.29 is 9.21 Å². The molecule has 0 bridgehead atoms. The maximum atomic E-state index is 12.9. The Labute approximate surface area is 161 Å². The first kappa shape index (κ1) is 19.0. The highest BCUT2D eigenvalue weighted by Crippen LogP contribution is 2.17. The molecule has 0 aliphatic rings. The molecule has 0 fully saturated rings. The van der Waals surface area contributed by atoms with E-state index in [1.54, 1.807) is 15.7 Å². The largest absolute Gasteiger partial charge is 0.467 e. The van der Waals surface area contributed by atoms with Crippen LogP contribution in [0.1, 0.15) is 24.7 Å². The van der Waals surface area contributed by atoms with Gasteiger partial charge < -0.3 is 9.32 Å². The van der Waals surface area contributed by atoms with Gasteiger partial charge in [0.2, 0.25) is 5.91 Å². The minimum atomic E-state index is -0.247. The van der Waals surface area contributed by atoms with E-state index in [-0.39, 0.29) is 17.3 Å². The van der Waals surface area contributed by atoms with Gasteiger partial charge in [-0.05, 0) is 24.1 Å². The van der Waals surface area contributed by atoms with E-state index in [1.165, 1.54) is 11.8 Å². The van der Waals surface area contributed by atoms with Crippen LogP contribution in [0.25, 0.3) is 0 Å². The molecule has 3 aromatic rings. The molecule has 2 heterocycles. The Kier molecular flexibility index (Phi) is 6.54. The number of benzene rings is 1. The van der Waals surface area contributed by atoms with Crippen molar-refractivity contribution in [3.8, 4) is 0 Å². The molecule has 0 spiro atoms. The second-order valence-corrected chi connectivity index (χ2v) is 7.01. The van der Waals surface area contributed by atoms with Crippen molar-refractivity contribution in [2.24, 2.45) is 0 Å². The third-order valence-electron chi connectivity index (χ3n) is 3.99. The molecule has 0 saturated heterocycles. The number of H-pyrrole nitrogens is 1. The first-order valence-electron chi connectivity index (χ1n) is 8.79. The van der Waals surface area contributed by atoms with Crippen LogP contribution in [0.3, 0.4) is 0 Å². The Balaban J connectivity index is 1.69. The monoisotopic (exact) mass is 386 g/mol. The van der Waals surface area contributed by atoms with Crippen LogP contribution in [0.2, 0.25) is 0 Å². The van der Waals surface area contributed by atoms with Gasteiger partial charge in [-0.3, -0.25) is 9.36 Å². The number of nitrogens with zero attached hydrogens (tertiary/aromatic N) is 3.